The first kappa shape index (κ1) is 24.2. The predicted molar refractivity (Wildman–Crippen MR) is 128 cm³/mol. The lowest BCUT2D eigenvalue weighted by atomic mass is 10.0. The summed E-state index contributed by atoms with van der Waals surface area (Å²) in [5.41, 5.74) is 0. The Morgan fingerprint density at radius 2 is 1.83 bits per heavy atom. The van der Waals surface area contributed by atoms with Crippen LogP contribution in [-0.2, 0) is 0 Å². The SMILES string of the molecule is CCNC(=NCC(C)Oc1ccc(F)cc1)NC1CCN(C2CCCC2)CC1.I. The van der Waals surface area contributed by atoms with E-state index in [-0.39, 0.29) is 35.9 Å². The molecule has 29 heavy (non-hydrogen) atoms. The van der Waals surface area contributed by atoms with Gasteiger partial charge in [0.1, 0.15) is 17.7 Å². The van der Waals surface area contributed by atoms with Gasteiger partial charge in [-0.15, -0.1) is 24.0 Å². The average Bonchev–Trinajstić information content (AvgIpc) is 3.23. The molecule has 1 atom stereocenters. The summed E-state index contributed by atoms with van der Waals surface area (Å²) in [7, 11) is 0. The summed E-state index contributed by atoms with van der Waals surface area (Å²) in [4.78, 5) is 7.39. The minimum absolute atomic E-state index is 0. The van der Waals surface area contributed by atoms with Crippen molar-refractivity contribution in [2.75, 3.05) is 26.2 Å². The number of guanidine groups is 1. The quantitative estimate of drug-likeness (QED) is 0.323. The Morgan fingerprint density at radius 3 is 2.45 bits per heavy atom. The van der Waals surface area contributed by atoms with Gasteiger partial charge in [0, 0.05) is 31.7 Å². The van der Waals surface area contributed by atoms with Crippen LogP contribution in [0.2, 0.25) is 0 Å². The van der Waals surface area contributed by atoms with Gasteiger partial charge in [0.05, 0.1) is 6.54 Å². The Labute approximate surface area is 191 Å². The number of halogens is 2. The van der Waals surface area contributed by atoms with Gasteiger partial charge >= 0.3 is 0 Å². The van der Waals surface area contributed by atoms with E-state index in [2.05, 4.69) is 22.5 Å². The normalized spacial score (nSPS) is 20.2. The summed E-state index contributed by atoms with van der Waals surface area (Å²) >= 11 is 0. The highest BCUT2D eigenvalue weighted by atomic mass is 127. The Balaban J connectivity index is 0.00000300. The second-order valence-corrected chi connectivity index (χ2v) is 7.99. The van der Waals surface area contributed by atoms with Gasteiger partial charge < -0.3 is 20.3 Å². The van der Waals surface area contributed by atoms with Gasteiger partial charge in [-0.3, -0.25) is 0 Å². The van der Waals surface area contributed by atoms with Crippen LogP contribution in [0.3, 0.4) is 0 Å². The Bertz CT molecular complexity index is 614. The fourth-order valence-corrected chi connectivity index (χ4v) is 4.19. The summed E-state index contributed by atoms with van der Waals surface area (Å²) in [5, 5.41) is 6.94. The number of nitrogens with one attached hydrogen (secondary N) is 2. The van der Waals surface area contributed by atoms with Crippen LogP contribution < -0.4 is 15.4 Å². The third-order valence-electron chi connectivity index (χ3n) is 5.71. The molecule has 1 aromatic rings. The summed E-state index contributed by atoms with van der Waals surface area (Å²) in [6, 6.07) is 7.42. The van der Waals surface area contributed by atoms with E-state index in [1.165, 1.54) is 63.7 Å². The largest absolute Gasteiger partial charge is 0.489 e. The zero-order chi connectivity index (χ0) is 19.8. The molecule has 1 heterocycles. The molecule has 7 heteroatoms. The number of hydrogen-bond donors (Lipinski definition) is 2. The van der Waals surface area contributed by atoms with Gasteiger partial charge in [-0.1, -0.05) is 12.8 Å². The first-order valence-corrected chi connectivity index (χ1v) is 10.8. The van der Waals surface area contributed by atoms with Crippen molar-refractivity contribution >= 4 is 29.9 Å². The fraction of sp³-hybridized carbons (Fsp3) is 0.682. The molecule has 0 aromatic heterocycles. The van der Waals surface area contributed by atoms with E-state index >= 15 is 0 Å². The summed E-state index contributed by atoms with van der Waals surface area (Å²) in [6.45, 7) is 7.82. The van der Waals surface area contributed by atoms with Crippen LogP contribution in [0.1, 0.15) is 52.4 Å². The lowest BCUT2D eigenvalue weighted by Crippen LogP contribution is -2.50. The maximum Gasteiger partial charge on any atom is 0.191 e. The van der Waals surface area contributed by atoms with Crippen LogP contribution in [0.25, 0.3) is 0 Å². The summed E-state index contributed by atoms with van der Waals surface area (Å²) < 4.78 is 18.8. The minimum Gasteiger partial charge on any atom is -0.489 e. The second-order valence-electron chi connectivity index (χ2n) is 7.99. The molecule has 1 saturated carbocycles. The molecule has 1 aliphatic heterocycles. The molecule has 1 saturated heterocycles. The molecule has 2 aliphatic rings. The van der Waals surface area contributed by atoms with Gasteiger partial charge in [-0.2, -0.15) is 0 Å². The van der Waals surface area contributed by atoms with E-state index in [0.717, 1.165) is 18.5 Å². The van der Waals surface area contributed by atoms with Gasteiger partial charge in [0.2, 0.25) is 0 Å². The van der Waals surface area contributed by atoms with Crippen LogP contribution in [-0.4, -0.2) is 55.2 Å². The molecular weight excluding hydrogens is 482 g/mol. The van der Waals surface area contributed by atoms with Crippen molar-refractivity contribution in [1.29, 1.82) is 0 Å². The molecule has 1 unspecified atom stereocenters. The molecule has 0 amide bonds. The molecule has 0 radical (unpaired) electrons. The highest BCUT2D eigenvalue weighted by molar-refractivity contribution is 14.0. The molecule has 1 aliphatic carbocycles. The maximum atomic E-state index is 13.0. The van der Waals surface area contributed by atoms with Gasteiger partial charge in [0.25, 0.3) is 0 Å². The van der Waals surface area contributed by atoms with E-state index in [4.69, 9.17) is 9.73 Å². The second kappa shape index (κ2) is 12.6. The van der Waals surface area contributed by atoms with Crippen molar-refractivity contribution in [3.05, 3.63) is 30.1 Å². The van der Waals surface area contributed by atoms with Crippen molar-refractivity contribution in [3.8, 4) is 5.75 Å². The molecule has 2 fully saturated rings. The first-order valence-electron chi connectivity index (χ1n) is 10.8. The number of likely N-dealkylation sites (tertiary alicyclic amines) is 1. The average molecular weight is 518 g/mol. The predicted octanol–water partition coefficient (Wildman–Crippen LogP) is 4.17. The van der Waals surface area contributed by atoms with Crippen molar-refractivity contribution in [1.82, 2.24) is 15.5 Å². The number of aliphatic imine (C=N–C) groups is 1. The van der Waals surface area contributed by atoms with Crippen molar-refractivity contribution in [2.45, 2.75) is 70.6 Å². The van der Waals surface area contributed by atoms with Crippen molar-refractivity contribution in [3.63, 3.8) is 0 Å². The van der Waals surface area contributed by atoms with Crippen LogP contribution in [0, 0.1) is 5.82 Å². The molecule has 3 rings (SSSR count). The summed E-state index contributed by atoms with van der Waals surface area (Å²) in [6.07, 6.45) is 7.83. The number of ether oxygens (including phenoxy) is 1. The van der Waals surface area contributed by atoms with Crippen LogP contribution in [0.15, 0.2) is 29.3 Å². The molecule has 0 spiro atoms. The number of piperidine rings is 1. The van der Waals surface area contributed by atoms with Crippen LogP contribution in [0.4, 0.5) is 4.39 Å². The van der Waals surface area contributed by atoms with E-state index < -0.39 is 0 Å². The smallest absolute Gasteiger partial charge is 0.191 e. The van der Waals surface area contributed by atoms with E-state index in [0.29, 0.717) is 18.3 Å². The zero-order valence-electron chi connectivity index (χ0n) is 17.7. The molecular formula is C22H36FIN4O. The fourth-order valence-electron chi connectivity index (χ4n) is 4.19. The van der Waals surface area contributed by atoms with E-state index in [1.54, 1.807) is 12.1 Å². The van der Waals surface area contributed by atoms with E-state index in [9.17, 15) is 4.39 Å². The number of rotatable bonds is 7. The topological polar surface area (TPSA) is 48.9 Å². The van der Waals surface area contributed by atoms with E-state index in [1.807, 2.05) is 6.92 Å². The third-order valence-corrected chi connectivity index (χ3v) is 5.71. The van der Waals surface area contributed by atoms with Crippen LogP contribution in [0.5, 0.6) is 5.75 Å². The highest BCUT2D eigenvalue weighted by Crippen LogP contribution is 2.26. The molecule has 1 aromatic carbocycles. The highest BCUT2D eigenvalue weighted by Gasteiger charge is 2.27. The van der Waals surface area contributed by atoms with Crippen molar-refractivity contribution < 1.29 is 9.13 Å². The molecule has 2 N–H and O–H groups in total. The number of benzene rings is 1. The summed E-state index contributed by atoms with van der Waals surface area (Å²) in [5.74, 6) is 1.27. The van der Waals surface area contributed by atoms with Gasteiger partial charge in [0.15, 0.2) is 5.96 Å². The molecule has 0 bridgehead atoms. The monoisotopic (exact) mass is 518 g/mol. The zero-order valence-corrected chi connectivity index (χ0v) is 20.0. The van der Waals surface area contributed by atoms with Gasteiger partial charge in [-0.25, -0.2) is 9.38 Å². The third kappa shape index (κ3) is 7.92. The number of nitrogens with zero attached hydrogens (tertiary/aromatic N) is 2. The molecule has 5 nitrogen and oxygen atoms in total. The standard InChI is InChI=1S/C22H35FN4O.HI/c1-3-24-22(25-16-17(2)28-21-10-8-18(23)9-11-21)26-19-12-14-27(15-13-19)20-6-4-5-7-20;/h8-11,17,19-20H,3-7,12-16H2,1-2H3,(H2,24,25,26);1H. The Morgan fingerprint density at radius 1 is 1.17 bits per heavy atom. The number of hydrogen-bond acceptors (Lipinski definition) is 3. The van der Waals surface area contributed by atoms with Crippen molar-refractivity contribution in [2.24, 2.45) is 4.99 Å². The Kier molecular flexibility index (Phi) is 10.5. The van der Waals surface area contributed by atoms with Gasteiger partial charge in [-0.05, 0) is 63.8 Å². The lowest BCUT2D eigenvalue weighted by Gasteiger charge is -2.36. The Hall–Kier alpha value is -1.09. The minimum atomic E-state index is -0.254. The maximum absolute atomic E-state index is 13.0. The molecule has 164 valence electrons. The van der Waals surface area contributed by atoms with Crippen LogP contribution >= 0.6 is 24.0 Å². The first-order chi connectivity index (χ1) is 13.6. The lowest BCUT2D eigenvalue weighted by molar-refractivity contribution is 0.150.